The molecule has 10 nitrogen and oxygen atoms in total. The second kappa shape index (κ2) is 13.2. The molecule has 1 N–H and O–H groups in total. The largest absolute Gasteiger partial charge is 0.354 e. The van der Waals surface area contributed by atoms with E-state index >= 15 is 0 Å². The van der Waals surface area contributed by atoms with Gasteiger partial charge in [-0.15, -0.1) is 0 Å². The molecule has 11 heteroatoms. The third-order valence-electron chi connectivity index (χ3n) is 6.39. The second-order valence-electron chi connectivity index (χ2n) is 9.86. The molecule has 212 valence electrons. The number of hydrogen-bond acceptors (Lipinski definition) is 6. The Morgan fingerprint density at radius 3 is 2.23 bits per heavy atom. The van der Waals surface area contributed by atoms with Crippen LogP contribution in [0.1, 0.15) is 31.9 Å². The number of non-ortho nitro benzene ring substituents is 1. The van der Waals surface area contributed by atoms with Gasteiger partial charge in [0, 0.05) is 25.2 Å². The van der Waals surface area contributed by atoms with E-state index in [-0.39, 0.29) is 34.6 Å². The molecule has 0 fully saturated rings. The van der Waals surface area contributed by atoms with E-state index in [4.69, 9.17) is 0 Å². The number of nitro groups is 1. The SMILES string of the molecule is Cc1ccccc1CN(C(=O)CN(c1cccc([N+](=O)[O-])c1)S(=O)(=O)c1ccccc1)[C@@H](C)C(=O)NCC(C)C. The zero-order valence-corrected chi connectivity index (χ0v) is 23.8. The third-order valence-corrected chi connectivity index (χ3v) is 8.18. The number of anilines is 1. The molecule has 0 aliphatic heterocycles. The Balaban J connectivity index is 2.05. The summed E-state index contributed by atoms with van der Waals surface area (Å²) in [6, 6.07) is 19.1. The van der Waals surface area contributed by atoms with E-state index in [9.17, 15) is 28.1 Å². The summed E-state index contributed by atoms with van der Waals surface area (Å²) in [6.07, 6.45) is 0. The number of nitrogens with one attached hydrogen (secondary N) is 1. The van der Waals surface area contributed by atoms with Gasteiger partial charge in [-0.05, 0) is 49.1 Å². The highest BCUT2D eigenvalue weighted by molar-refractivity contribution is 7.92. The Morgan fingerprint density at radius 1 is 0.950 bits per heavy atom. The minimum absolute atomic E-state index is 0.0424. The van der Waals surface area contributed by atoms with Gasteiger partial charge >= 0.3 is 0 Å². The van der Waals surface area contributed by atoms with Crippen LogP contribution in [0.3, 0.4) is 0 Å². The van der Waals surface area contributed by atoms with Crippen LogP contribution in [0.25, 0.3) is 0 Å². The lowest BCUT2D eigenvalue weighted by Crippen LogP contribution is -2.51. The summed E-state index contributed by atoms with van der Waals surface area (Å²) >= 11 is 0. The summed E-state index contributed by atoms with van der Waals surface area (Å²) in [5.41, 5.74) is 1.34. The molecule has 0 saturated heterocycles. The van der Waals surface area contributed by atoms with E-state index in [0.29, 0.717) is 6.54 Å². The van der Waals surface area contributed by atoms with Crippen molar-refractivity contribution < 1.29 is 22.9 Å². The van der Waals surface area contributed by atoms with Gasteiger partial charge in [-0.25, -0.2) is 8.42 Å². The van der Waals surface area contributed by atoms with Gasteiger partial charge in [0.25, 0.3) is 15.7 Å². The fourth-order valence-corrected chi connectivity index (χ4v) is 5.44. The van der Waals surface area contributed by atoms with Crippen molar-refractivity contribution in [2.75, 3.05) is 17.4 Å². The van der Waals surface area contributed by atoms with Gasteiger partial charge in [0.1, 0.15) is 12.6 Å². The predicted molar refractivity (Wildman–Crippen MR) is 153 cm³/mol. The maximum atomic E-state index is 13.9. The molecule has 0 aliphatic carbocycles. The number of nitro benzene ring substituents is 1. The monoisotopic (exact) mass is 566 g/mol. The van der Waals surface area contributed by atoms with Crippen molar-refractivity contribution in [3.63, 3.8) is 0 Å². The van der Waals surface area contributed by atoms with Gasteiger partial charge in [-0.1, -0.05) is 62.4 Å². The summed E-state index contributed by atoms with van der Waals surface area (Å²) in [7, 11) is -4.31. The number of benzene rings is 3. The zero-order chi connectivity index (χ0) is 29.4. The van der Waals surface area contributed by atoms with Gasteiger partial charge in [0.05, 0.1) is 15.5 Å². The highest BCUT2D eigenvalue weighted by Crippen LogP contribution is 2.27. The summed E-state index contributed by atoms with van der Waals surface area (Å²) in [5, 5.41) is 14.3. The van der Waals surface area contributed by atoms with Gasteiger partial charge in [-0.3, -0.25) is 24.0 Å². The van der Waals surface area contributed by atoms with Crippen molar-refractivity contribution in [1.29, 1.82) is 0 Å². The molecule has 3 aromatic carbocycles. The maximum Gasteiger partial charge on any atom is 0.271 e. The number of amides is 2. The topological polar surface area (TPSA) is 130 Å². The number of hydrogen-bond donors (Lipinski definition) is 1. The lowest BCUT2D eigenvalue weighted by Gasteiger charge is -2.32. The summed E-state index contributed by atoms with van der Waals surface area (Å²) < 4.78 is 28.4. The Morgan fingerprint density at radius 2 is 1.60 bits per heavy atom. The molecule has 40 heavy (non-hydrogen) atoms. The standard InChI is InChI=1S/C29H34N4O6S/c1-21(2)18-30-29(35)23(4)31(19-24-12-9-8-11-22(24)3)28(34)20-32(25-13-10-14-26(17-25)33(36)37)40(38,39)27-15-6-5-7-16-27/h5-17,21,23H,18-20H2,1-4H3,(H,30,35)/t23-/m0/s1. The summed E-state index contributed by atoms with van der Waals surface area (Å²) in [5.74, 6) is -0.818. The average Bonchev–Trinajstić information content (AvgIpc) is 2.94. The number of carbonyl (C=O) groups excluding carboxylic acids is 2. The minimum Gasteiger partial charge on any atom is -0.354 e. The average molecular weight is 567 g/mol. The van der Waals surface area contributed by atoms with Crippen LogP contribution in [0.15, 0.2) is 83.8 Å². The van der Waals surface area contributed by atoms with Crippen molar-refractivity contribution in [3.05, 3.63) is 100 Å². The number of nitrogens with zero attached hydrogens (tertiary/aromatic N) is 3. The fraction of sp³-hybridized carbons (Fsp3) is 0.310. The number of rotatable bonds is 12. The maximum absolute atomic E-state index is 13.9. The van der Waals surface area contributed by atoms with E-state index in [1.165, 1.54) is 35.2 Å². The van der Waals surface area contributed by atoms with Gasteiger partial charge in [0.15, 0.2) is 0 Å². The van der Waals surface area contributed by atoms with E-state index in [1.54, 1.807) is 25.1 Å². The molecular weight excluding hydrogens is 532 g/mol. The van der Waals surface area contributed by atoms with Crippen LogP contribution in [0.5, 0.6) is 0 Å². The van der Waals surface area contributed by atoms with Crippen LogP contribution in [0.2, 0.25) is 0 Å². The van der Waals surface area contributed by atoms with Crippen molar-refractivity contribution in [2.24, 2.45) is 5.92 Å². The Labute approximate surface area is 234 Å². The first kappa shape index (κ1) is 30.3. The predicted octanol–water partition coefficient (Wildman–Crippen LogP) is 4.29. The molecule has 1 atom stereocenters. The van der Waals surface area contributed by atoms with Crippen molar-refractivity contribution in [2.45, 2.75) is 45.2 Å². The lowest BCUT2D eigenvalue weighted by atomic mass is 10.1. The summed E-state index contributed by atoms with van der Waals surface area (Å²) in [6.45, 7) is 7.19. The van der Waals surface area contributed by atoms with E-state index < -0.39 is 33.4 Å². The number of aryl methyl sites for hydroxylation is 1. The molecule has 0 heterocycles. The molecule has 0 aliphatic rings. The van der Waals surface area contributed by atoms with Crippen LogP contribution in [0, 0.1) is 23.0 Å². The van der Waals surface area contributed by atoms with Gasteiger partial charge in [0.2, 0.25) is 11.8 Å². The fourth-order valence-electron chi connectivity index (χ4n) is 4.02. The molecular formula is C29H34N4O6S. The van der Waals surface area contributed by atoms with Crippen molar-refractivity contribution in [3.8, 4) is 0 Å². The van der Waals surface area contributed by atoms with E-state index in [0.717, 1.165) is 21.5 Å². The molecule has 0 aromatic heterocycles. The summed E-state index contributed by atoms with van der Waals surface area (Å²) in [4.78, 5) is 39.1. The minimum atomic E-state index is -4.31. The van der Waals surface area contributed by atoms with Crippen LogP contribution >= 0.6 is 0 Å². The normalized spacial score (nSPS) is 12.0. The third kappa shape index (κ3) is 7.44. The molecule has 2 amide bonds. The molecule has 0 unspecified atom stereocenters. The Hall–Kier alpha value is -4.25. The van der Waals surface area contributed by atoms with E-state index in [1.807, 2.05) is 45.0 Å². The molecule has 0 saturated carbocycles. The molecule has 0 spiro atoms. The highest BCUT2D eigenvalue weighted by Gasteiger charge is 2.33. The molecule has 3 rings (SSSR count). The van der Waals surface area contributed by atoms with Crippen LogP contribution in [-0.4, -0.2) is 49.2 Å². The first-order chi connectivity index (χ1) is 18.9. The zero-order valence-electron chi connectivity index (χ0n) is 23.0. The lowest BCUT2D eigenvalue weighted by molar-refractivity contribution is -0.384. The number of carbonyl (C=O) groups is 2. The van der Waals surface area contributed by atoms with Gasteiger partial charge < -0.3 is 10.2 Å². The molecule has 3 aromatic rings. The molecule has 0 radical (unpaired) electrons. The smallest absolute Gasteiger partial charge is 0.271 e. The van der Waals surface area contributed by atoms with Crippen molar-refractivity contribution >= 4 is 33.2 Å². The second-order valence-corrected chi connectivity index (χ2v) is 11.7. The Bertz CT molecular complexity index is 1460. The molecule has 0 bridgehead atoms. The first-order valence-corrected chi connectivity index (χ1v) is 14.3. The van der Waals surface area contributed by atoms with Crippen LogP contribution in [-0.2, 0) is 26.2 Å². The van der Waals surface area contributed by atoms with Crippen molar-refractivity contribution in [1.82, 2.24) is 10.2 Å². The quantitative estimate of drug-likeness (QED) is 0.257. The van der Waals surface area contributed by atoms with Gasteiger partial charge in [-0.2, -0.15) is 0 Å². The highest BCUT2D eigenvalue weighted by atomic mass is 32.2. The Kier molecular flexibility index (Phi) is 10.0. The van der Waals surface area contributed by atoms with E-state index in [2.05, 4.69) is 5.32 Å². The number of sulfonamides is 1. The van der Waals surface area contributed by atoms with Crippen LogP contribution in [0.4, 0.5) is 11.4 Å². The first-order valence-electron chi connectivity index (χ1n) is 12.9. The van der Waals surface area contributed by atoms with Crippen LogP contribution < -0.4 is 9.62 Å².